The Morgan fingerprint density at radius 2 is 2.07 bits per heavy atom. The van der Waals surface area contributed by atoms with Crippen molar-refractivity contribution in [1.29, 1.82) is 0 Å². The van der Waals surface area contributed by atoms with E-state index in [-0.39, 0.29) is 50.0 Å². The van der Waals surface area contributed by atoms with Gasteiger partial charge in [-0.3, -0.25) is 9.35 Å². The van der Waals surface area contributed by atoms with Gasteiger partial charge in [0.1, 0.15) is 0 Å². The Hall–Kier alpha value is 0.146. The molecule has 0 aliphatic rings. The quantitative estimate of drug-likeness (QED) is 0.520. The van der Waals surface area contributed by atoms with Crippen molar-refractivity contribution in [3.63, 3.8) is 0 Å². The second-order valence-electron chi connectivity index (χ2n) is 2.88. The molecule has 0 spiro atoms. The van der Waals surface area contributed by atoms with E-state index in [0.29, 0.717) is 6.42 Å². The van der Waals surface area contributed by atoms with Gasteiger partial charge in [0.05, 0.1) is 5.75 Å². The summed E-state index contributed by atoms with van der Waals surface area (Å²) in [6.45, 7) is 3.21. The minimum absolute atomic E-state index is 0. The Kier molecular flexibility index (Phi) is 8.81. The van der Waals surface area contributed by atoms with Crippen molar-refractivity contribution in [1.82, 2.24) is 5.32 Å². The zero-order valence-corrected chi connectivity index (χ0v) is 10.7. The van der Waals surface area contributed by atoms with Crippen LogP contribution in [0.1, 0.15) is 29.5 Å². The number of hydrogen-bond acceptors (Lipinski definition) is 3. The first-order valence-corrected chi connectivity index (χ1v) is 5.68. The fourth-order valence-corrected chi connectivity index (χ4v) is 1.54. The van der Waals surface area contributed by atoms with Crippen LogP contribution in [0.25, 0.3) is 0 Å². The molecule has 1 atom stereocenters. The molecule has 14 heavy (non-hydrogen) atoms. The molecule has 0 rings (SSSR count). The fourth-order valence-electron chi connectivity index (χ4n) is 0.957. The Labute approximate surface area is 104 Å². The predicted octanol–water partition coefficient (Wildman–Crippen LogP) is 0.0232. The van der Waals surface area contributed by atoms with Crippen LogP contribution in [-0.4, -0.2) is 53.7 Å². The smallest absolute Gasteiger partial charge is 1.00 e. The van der Waals surface area contributed by atoms with E-state index in [9.17, 15) is 13.2 Å². The van der Waals surface area contributed by atoms with E-state index >= 15 is 0 Å². The Bertz CT molecular complexity index is 274. The molecule has 0 heterocycles. The van der Waals surface area contributed by atoms with Gasteiger partial charge in [0, 0.05) is 13.0 Å². The van der Waals surface area contributed by atoms with Crippen molar-refractivity contribution in [2.45, 2.75) is 32.7 Å². The molecule has 5 nitrogen and oxygen atoms in total. The van der Waals surface area contributed by atoms with Gasteiger partial charge in [-0.2, -0.15) is 8.42 Å². The molecular weight excluding hydrogens is 218 g/mol. The first-order chi connectivity index (χ1) is 5.85. The molecule has 0 radical (unpaired) electrons. The third kappa shape index (κ3) is 10.2. The molecule has 0 bridgehead atoms. The molecule has 0 aromatic heterocycles. The maximum atomic E-state index is 10.6. The summed E-state index contributed by atoms with van der Waals surface area (Å²) in [5.41, 5.74) is 0. The van der Waals surface area contributed by atoms with Crippen molar-refractivity contribution >= 4 is 39.1 Å². The molecule has 82 valence electrons. The van der Waals surface area contributed by atoms with Crippen molar-refractivity contribution in [2.24, 2.45) is 0 Å². The summed E-state index contributed by atoms with van der Waals surface area (Å²) < 4.78 is 29.2. The fraction of sp³-hybridized carbons (Fsp3) is 0.857. The van der Waals surface area contributed by atoms with Crippen LogP contribution in [0, 0.1) is 0 Å². The molecule has 0 aliphatic heterocycles. The molecule has 0 aromatic rings. The van der Waals surface area contributed by atoms with Crippen molar-refractivity contribution in [3.8, 4) is 0 Å². The largest absolute Gasteiger partial charge is 2.00 e. The number of carbonyl (C=O) groups excluding carboxylic acids is 1. The Balaban J connectivity index is -0.000000240. The SMILES string of the molecule is CCC(CCS(=O)(=O)O)NC(C)=O.[H-].[H-].[Mg+2]. The minimum atomic E-state index is -3.92. The van der Waals surface area contributed by atoms with Crippen LogP contribution < -0.4 is 5.32 Å². The molecule has 0 aliphatic carbocycles. The predicted molar refractivity (Wildman–Crippen MR) is 56.9 cm³/mol. The first-order valence-electron chi connectivity index (χ1n) is 4.07. The van der Waals surface area contributed by atoms with Gasteiger partial charge in [-0.25, -0.2) is 0 Å². The zero-order chi connectivity index (χ0) is 10.5. The first kappa shape index (κ1) is 16.6. The van der Waals surface area contributed by atoms with E-state index in [1.54, 1.807) is 0 Å². The Morgan fingerprint density at radius 1 is 1.57 bits per heavy atom. The van der Waals surface area contributed by atoms with E-state index in [4.69, 9.17) is 4.55 Å². The summed E-state index contributed by atoms with van der Waals surface area (Å²) >= 11 is 0. The average molecular weight is 236 g/mol. The van der Waals surface area contributed by atoms with Gasteiger partial charge >= 0.3 is 23.1 Å². The topological polar surface area (TPSA) is 83.5 Å². The van der Waals surface area contributed by atoms with E-state index in [1.807, 2.05) is 6.92 Å². The summed E-state index contributed by atoms with van der Waals surface area (Å²) in [4.78, 5) is 10.6. The zero-order valence-electron chi connectivity index (χ0n) is 10.5. The normalized spacial score (nSPS) is 12.8. The molecule has 2 N–H and O–H groups in total. The van der Waals surface area contributed by atoms with Gasteiger partial charge in [0.2, 0.25) is 5.91 Å². The summed E-state index contributed by atoms with van der Waals surface area (Å²) in [5, 5.41) is 2.59. The Morgan fingerprint density at radius 3 is 2.36 bits per heavy atom. The molecule has 1 unspecified atom stereocenters. The van der Waals surface area contributed by atoms with Gasteiger partial charge < -0.3 is 8.17 Å². The van der Waals surface area contributed by atoms with Gasteiger partial charge in [-0.1, -0.05) is 6.92 Å². The van der Waals surface area contributed by atoms with E-state index < -0.39 is 10.1 Å². The number of carbonyl (C=O) groups is 1. The van der Waals surface area contributed by atoms with E-state index in [2.05, 4.69) is 5.32 Å². The molecule has 0 saturated carbocycles. The van der Waals surface area contributed by atoms with Crippen LogP contribution in [0.2, 0.25) is 0 Å². The van der Waals surface area contributed by atoms with Crippen molar-refractivity contribution in [3.05, 3.63) is 0 Å². The summed E-state index contributed by atoms with van der Waals surface area (Å²) in [7, 11) is -3.92. The van der Waals surface area contributed by atoms with Crippen LogP contribution in [0.4, 0.5) is 0 Å². The number of nitrogens with one attached hydrogen (secondary N) is 1. The molecule has 0 fully saturated rings. The molecule has 1 amide bonds. The second kappa shape index (κ2) is 7.44. The summed E-state index contributed by atoms with van der Waals surface area (Å²) in [6.07, 6.45) is 0.893. The third-order valence-electron chi connectivity index (χ3n) is 1.62. The minimum Gasteiger partial charge on any atom is -1.00 e. The monoisotopic (exact) mass is 235 g/mol. The molecular formula is C7H17MgNO4S. The second-order valence-corrected chi connectivity index (χ2v) is 4.45. The van der Waals surface area contributed by atoms with Crippen LogP contribution in [0.5, 0.6) is 0 Å². The number of hydrogen-bond donors (Lipinski definition) is 2. The van der Waals surface area contributed by atoms with Crippen LogP contribution in [0.3, 0.4) is 0 Å². The van der Waals surface area contributed by atoms with Crippen molar-refractivity contribution in [2.75, 3.05) is 5.75 Å². The van der Waals surface area contributed by atoms with Crippen LogP contribution >= 0.6 is 0 Å². The van der Waals surface area contributed by atoms with E-state index in [1.165, 1.54) is 6.92 Å². The van der Waals surface area contributed by atoms with Crippen molar-refractivity contribution < 1.29 is 20.6 Å². The molecule has 0 saturated heterocycles. The average Bonchev–Trinajstić information content (AvgIpc) is 1.95. The van der Waals surface area contributed by atoms with Gasteiger partial charge in [0.25, 0.3) is 10.1 Å². The number of rotatable bonds is 5. The van der Waals surface area contributed by atoms with Gasteiger partial charge in [-0.05, 0) is 12.8 Å². The summed E-state index contributed by atoms with van der Waals surface area (Å²) in [5.74, 6) is -0.506. The van der Waals surface area contributed by atoms with E-state index in [0.717, 1.165) is 0 Å². The number of amides is 1. The standard InChI is InChI=1S/C7H15NO4S.Mg.2H/c1-3-7(8-6(2)9)4-5-13(10,11)12;;;/h7H,3-5H2,1-2H3,(H,8,9)(H,10,11,12);;;/q;+2;2*-1. The molecule has 7 heteroatoms. The van der Waals surface area contributed by atoms with Gasteiger partial charge in [-0.15, -0.1) is 0 Å². The van der Waals surface area contributed by atoms with Crippen LogP contribution in [0.15, 0.2) is 0 Å². The van der Waals surface area contributed by atoms with Gasteiger partial charge in [0.15, 0.2) is 0 Å². The molecule has 0 aromatic carbocycles. The third-order valence-corrected chi connectivity index (χ3v) is 2.38. The summed E-state index contributed by atoms with van der Waals surface area (Å²) in [6, 6.07) is -0.181. The maximum Gasteiger partial charge on any atom is 2.00 e. The van der Waals surface area contributed by atoms with Crippen LogP contribution in [-0.2, 0) is 14.9 Å². The maximum absolute atomic E-state index is 10.6.